The fourth-order valence-electron chi connectivity index (χ4n) is 2.30. The van der Waals surface area contributed by atoms with Gasteiger partial charge in [-0.25, -0.2) is 17.5 Å². The lowest BCUT2D eigenvalue weighted by atomic mass is 10.1. The number of benzene rings is 1. The minimum atomic E-state index is -3.59. The monoisotopic (exact) mass is 521 g/mol. The molecule has 0 saturated carbocycles. The fourth-order valence-corrected chi connectivity index (χ4v) is 3.28. The van der Waals surface area contributed by atoms with Crippen molar-refractivity contribution in [2.45, 2.75) is 18.2 Å². The van der Waals surface area contributed by atoms with Gasteiger partial charge in [-0.2, -0.15) is 0 Å². The Morgan fingerprint density at radius 2 is 1.93 bits per heavy atom. The van der Waals surface area contributed by atoms with Crippen LogP contribution in [0.3, 0.4) is 0 Å². The summed E-state index contributed by atoms with van der Waals surface area (Å²) in [5, 5.41) is 6.18. The lowest BCUT2D eigenvalue weighted by Gasteiger charge is -2.12. The minimum absolute atomic E-state index is 0. The average Bonchev–Trinajstić information content (AvgIpc) is 2.67. The Bertz CT molecular complexity index is 850. The zero-order chi connectivity index (χ0) is 19.5. The van der Waals surface area contributed by atoms with Crippen molar-refractivity contribution in [2.24, 2.45) is 4.99 Å². The van der Waals surface area contributed by atoms with Crippen LogP contribution in [-0.4, -0.2) is 45.5 Å². The second-order valence-electron chi connectivity index (χ2n) is 5.62. The van der Waals surface area contributed by atoms with E-state index in [1.54, 1.807) is 24.3 Å². The van der Waals surface area contributed by atoms with E-state index in [4.69, 9.17) is 0 Å². The predicted molar refractivity (Wildman–Crippen MR) is 119 cm³/mol. The van der Waals surface area contributed by atoms with Crippen molar-refractivity contribution in [3.05, 3.63) is 60.2 Å². The van der Waals surface area contributed by atoms with Gasteiger partial charge in [-0.15, -0.1) is 24.0 Å². The van der Waals surface area contributed by atoms with Crippen molar-refractivity contribution in [1.29, 1.82) is 0 Å². The first-order chi connectivity index (χ1) is 13.0. The summed E-state index contributed by atoms with van der Waals surface area (Å²) < 4.78 is 40.3. The second kappa shape index (κ2) is 12.6. The third kappa shape index (κ3) is 8.07. The zero-order valence-corrected chi connectivity index (χ0v) is 18.7. The molecular formula is C18H25FIN5O2S. The summed E-state index contributed by atoms with van der Waals surface area (Å²) in [4.78, 5) is 8.24. The van der Waals surface area contributed by atoms with Gasteiger partial charge in [0.1, 0.15) is 10.7 Å². The van der Waals surface area contributed by atoms with Gasteiger partial charge in [-0.05, 0) is 37.1 Å². The largest absolute Gasteiger partial charge is 0.357 e. The number of halogens is 2. The van der Waals surface area contributed by atoms with Crippen molar-refractivity contribution < 1.29 is 12.8 Å². The maximum Gasteiger partial charge on any atom is 0.242 e. The number of nitrogens with zero attached hydrogens (tertiary/aromatic N) is 2. The van der Waals surface area contributed by atoms with Crippen LogP contribution in [0.5, 0.6) is 0 Å². The van der Waals surface area contributed by atoms with Gasteiger partial charge < -0.3 is 10.6 Å². The van der Waals surface area contributed by atoms with Crippen molar-refractivity contribution in [2.75, 3.05) is 26.2 Å². The van der Waals surface area contributed by atoms with Crippen LogP contribution in [0.1, 0.15) is 12.5 Å². The Hall–Kier alpha value is -1.79. The fraction of sp³-hybridized carbons (Fsp3) is 0.333. The lowest BCUT2D eigenvalue weighted by molar-refractivity contribution is 0.581. The van der Waals surface area contributed by atoms with Gasteiger partial charge in [0.15, 0.2) is 5.96 Å². The van der Waals surface area contributed by atoms with Crippen LogP contribution in [0, 0.1) is 5.82 Å². The number of hydrogen-bond acceptors (Lipinski definition) is 4. The van der Waals surface area contributed by atoms with Crippen LogP contribution in [-0.2, 0) is 16.4 Å². The van der Waals surface area contributed by atoms with Crippen molar-refractivity contribution in [1.82, 2.24) is 20.3 Å². The van der Waals surface area contributed by atoms with Crippen LogP contribution in [0.25, 0.3) is 0 Å². The summed E-state index contributed by atoms with van der Waals surface area (Å²) >= 11 is 0. The Morgan fingerprint density at radius 1 is 1.14 bits per heavy atom. The van der Waals surface area contributed by atoms with E-state index in [2.05, 4.69) is 25.3 Å². The molecule has 0 fully saturated rings. The van der Waals surface area contributed by atoms with E-state index in [9.17, 15) is 12.8 Å². The molecule has 0 saturated heterocycles. The Balaban J connectivity index is 0.00000392. The van der Waals surface area contributed by atoms with Crippen LogP contribution in [0.4, 0.5) is 4.39 Å². The summed E-state index contributed by atoms with van der Waals surface area (Å²) in [6.07, 6.45) is 3.32. The number of guanidine groups is 1. The highest BCUT2D eigenvalue weighted by molar-refractivity contribution is 14.0. The van der Waals surface area contributed by atoms with E-state index < -0.39 is 10.0 Å². The highest BCUT2D eigenvalue weighted by Gasteiger charge is 2.12. The maximum atomic E-state index is 13.6. The van der Waals surface area contributed by atoms with Crippen molar-refractivity contribution in [3.63, 3.8) is 0 Å². The van der Waals surface area contributed by atoms with E-state index >= 15 is 0 Å². The number of nitrogens with one attached hydrogen (secondary N) is 3. The molecule has 0 aliphatic heterocycles. The molecule has 3 N–H and O–H groups in total. The van der Waals surface area contributed by atoms with Crippen molar-refractivity contribution in [3.8, 4) is 0 Å². The number of aromatic nitrogens is 1. The van der Waals surface area contributed by atoms with Crippen LogP contribution in [0.15, 0.2) is 58.7 Å². The summed E-state index contributed by atoms with van der Waals surface area (Å²) in [5.74, 6) is 0.320. The Kier molecular flexibility index (Phi) is 10.9. The molecule has 1 heterocycles. The third-order valence-corrected chi connectivity index (χ3v) is 5.05. The van der Waals surface area contributed by atoms with E-state index in [1.165, 1.54) is 24.5 Å². The molecule has 0 unspecified atom stereocenters. The number of rotatable bonds is 9. The average molecular weight is 521 g/mol. The Morgan fingerprint density at radius 3 is 2.61 bits per heavy atom. The zero-order valence-electron chi connectivity index (χ0n) is 15.6. The third-order valence-electron chi connectivity index (χ3n) is 3.61. The van der Waals surface area contributed by atoms with E-state index in [0.717, 1.165) is 0 Å². The molecule has 154 valence electrons. The summed E-state index contributed by atoms with van der Waals surface area (Å²) in [6.45, 7) is 3.51. The smallest absolute Gasteiger partial charge is 0.242 e. The molecule has 2 aromatic rings. The standard InChI is InChI=1S/C18H24FN5O2S.HI/c1-2-21-18(22-11-9-15-6-3-4-8-17(15)19)23-12-13-24-27(25,26)16-7-5-10-20-14-16;/h3-8,10,14,24H,2,9,11-13H2,1H3,(H2,21,22,23);1H. The van der Waals surface area contributed by atoms with E-state index in [-0.39, 0.29) is 47.8 Å². The molecule has 0 spiro atoms. The number of pyridine rings is 1. The molecule has 0 radical (unpaired) electrons. The molecule has 0 aliphatic rings. The van der Waals surface area contributed by atoms with Gasteiger partial charge in [0, 0.05) is 32.0 Å². The van der Waals surface area contributed by atoms with Gasteiger partial charge in [0.05, 0.1) is 6.54 Å². The first-order valence-electron chi connectivity index (χ1n) is 8.68. The minimum Gasteiger partial charge on any atom is -0.357 e. The quantitative estimate of drug-likeness (QED) is 0.203. The normalized spacial score (nSPS) is 11.6. The van der Waals surface area contributed by atoms with Crippen LogP contribution in [0.2, 0.25) is 0 Å². The number of aliphatic imine (C=N–C) groups is 1. The SMILES string of the molecule is CCNC(=NCCNS(=O)(=O)c1cccnc1)NCCc1ccccc1F.I. The highest BCUT2D eigenvalue weighted by atomic mass is 127. The topological polar surface area (TPSA) is 95.5 Å². The molecule has 7 nitrogen and oxygen atoms in total. The molecule has 28 heavy (non-hydrogen) atoms. The summed E-state index contributed by atoms with van der Waals surface area (Å²) in [5.41, 5.74) is 0.630. The number of sulfonamides is 1. The first-order valence-corrected chi connectivity index (χ1v) is 10.2. The van der Waals surface area contributed by atoms with Crippen molar-refractivity contribution >= 4 is 40.0 Å². The van der Waals surface area contributed by atoms with Crippen LogP contribution >= 0.6 is 24.0 Å². The molecule has 0 amide bonds. The Labute approximate surface area is 182 Å². The summed E-state index contributed by atoms with van der Waals surface area (Å²) in [7, 11) is -3.59. The molecule has 1 aromatic carbocycles. The van der Waals surface area contributed by atoms with Crippen LogP contribution < -0.4 is 15.4 Å². The highest BCUT2D eigenvalue weighted by Crippen LogP contribution is 2.06. The van der Waals surface area contributed by atoms with E-state index in [1.807, 2.05) is 6.92 Å². The second-order valence-corrected chi connectivity index (χ2v) is 7.38. The predicted octanol–water partition coefficient (Wildman–Crippen LogP) is 1.91. The maximum absolute atomic E-state index is 13.6. The van der Waals surface area contributed by atoms with Gasteiger partial charge in [-0.3, -0.25) is 9.98 Å². The van der Waals surface area contributed by atoms with Gasteiger partial charge in [-0.1, -0.05) is 18.2 Å². The summed E-state index contributed by atoms with van der Waals surface area (Å²) in [6, 6.07) is 9.68. The lowest BCUT2D eigenvalue weighted by Crippen LogP contribution is -2.39. The molecule has 10 heteroatoms. The number of hydrogen-bond donors (Lipinski definition) is 3. The molecule has 2 rings (SSSR count). The van der Waals surface area contributed by atoms with Gasteiger partial charge >= 0.3 is 0 Å². The molecule has 0 atom stereocenters. The molecular weight excluding hydrogens is 496 g/mol. The molecule has 1 aromatic heterocycles. The molecule has 0 bridgehead atoms. The molecule has 0 aliphatic carbocycles. The van der Waals surface area contributed by atoms with E-state index in [0.29, 0.717) is 31.0 Å². The first kappa shape index (κ1) is 24.2. The van der Waals surface area contributed by atoms with Gasteiger partial charge in [0.25, 0.3) is 0 Å². The van der Waals surface area contributed by atoms with Gasteiger partial charge in [0.2, 0.25) is 10.0 Å².